The number of benzene rings is 1. The second kappa shape index (κ2) is 10.6. The van der Waals surface area contributed by atoms with E-state index in [4.69, 9.17) is 0 Å². The molecule has 6 rings (SSSR count). The van der Waals surface area contributed by atoms with Gasteiger partial charge in [-0.05, 0) is 64.9 Å². The van der Waals surface area contributed by atoms with E-state index in [9.17, 15) is 24.6 Å². The molecule has 1 saturated carbocycles. The van der Waals surface area contributed by atoms with Crippen LogP contribution in [-0.4, -0.2) is 76.1 Å². The summed E-state index contributed by atoms with van der Waals surface area (Å²) in [6.07, 6.45) is 4.65. The first-order chi connectivity index (χ1) is 20.1. The summed E-state index contributed by atoms with van der Waals surface area (Å²) in [5.74, 6) is -0.407. The van der Waals surface area contributed by atoms with E-state index in [0.29, 0.717) is 33.3 Å². The molecule has 0 bridgehead atoms. The minimum Gasteiger partial charge on any atom is -0.392 e. The van der Waals surface area contributed by atoms with Gasteiger partial charge < -0.3 is 20.4 Å². The lowest BCUT2D eigenvalue weighted by atomic mass is 10.0. The number of ketones is 1. The molecule has 13 heteroatoms. The van der Waals surface area contributed by atoms with Gasteiger partial charge in [0, 0.05) is 34.9 Å². The zero-order valence-corrected chi connectivity index (χ0v) is 24.5. The Hall–Kier alpha value is -4.07. The minimum atomic E-state index is -0.734. The summed E-state index contributed by atoms with van der Waals surface area (Å²) in [6, 6.07) is 7.88. The van der Waals surface area contributed by atoms with Crippen LogP contribution in [0, 0.1) is 12.3 Å². The van der Waals surface area contributed by atoms with Gasteiger partial charge in [0.15, 0.2) is 0 Å². The van der Waals surface area contributed by atoms with E-state index in [0.717, 1.165) is 17.5 Å². The Labute approximate surface area is 248 Å². The number of rotatable bonds is 8. The van der Waals surface area contributed by atoms with Crippen molar-refractivity contribution in [2.45, 2.75) is 51.9 Å². The Morgan fingerprint density at radius 1 is 1.10 bits per heavy atom. The maximum absolute atomic E-state index is 13.8. The third kappa shape index (κ3) is 4.97. The van der Waals surface area contributed by atoms with E-state index in [1.165, 1.54) is 4.68 Å². The van der Waals surface area contributed by atoms with Crippen LogP contribution >= 0.6 is 15.9 Å². The van der Waals surface area contributed by atoms with Crippen LogP contribution in [0.3, 0.4) is 0 Å². The van der Waals surface area contributed by atoms with Crippen LogP contribution in [0.25, 0.3) is 22.0 Å². The van der Waals surface area contributed by atoms with E-state index in [1.807, 2.05) is 6.07 Å². The third-order valence-electron chi connectivity index (χ3n) is 8.14. The fraction of sp³-hybridized carbons (Fsp3) is 0.345. The van der Waals surface area contributed by atoms with Gasteiger partial charge >= 0.3 is 0 Å². The number of amides is 2. The molecule has 3 atom stereocenters. The molecule has 12 nitrogen and oxygen atoms in total. The molecule has 42 heavy (non-hydrogen) atoms. The van der Waals surface area contributed by atoms with Crippen LogP contribution in [0.4, 0.5) is 5.82 Å². The van der Waals surface area contributed by atoms with Gasteiger partial charge in [-0.25, -0.2) is 15.0 Å². The highest BCUT2D eigenvalue weighted by Gasteiger charge is 2.64. The first-order valence-electron chi connectivity index (χ1n) is 13.4. The number of Topliss-reactive ketones (excluding diaryl/α,β-unsaturated/α-hetero) is 1. The maximum Gasteiger partial charge on any atom is 0.248 e. The number of halogens is 1. The number of carbonyl (C=O) groups is 3. The number of anilines is 1. The third-order valence-corrected chi connectivity index (χ3v) is 8.58. The highest BCUT2D eigenvalue weighted by Crippen LogP contribution is 2.59. The fourth-order valence-electron chi connectivity index (χ4n) is 5.77. The SMILES string of the molecule is Cc1ncc(-c2ccc3c(c2)c(C(=O)CO)nn3CC(=O)N2[C@H](C(=O)Nc3nc(Br)ccc3CO)C[C@@]3(C)C[C@@H]23)cn1. The molecule has 1 aromatic carbocycles. The number of hydrogen-bond acceptors (Lipinski definition) is 9. The fourth-order valence-corrected chi connectivity index (χ4v) is 6.08. The van der Waals surface area contributed by atoms with Gasteiger partial charge in [-0.1, -0.05) is 19.1 Å². The quantitative estimate of drug-likeness (QED) is 0.195. The van der Waals surface area contributed by atoms with Crippen molar-refractivity contribution < 1.29 is 24.6 Å². The van der Waals surface area contributed by atoms with Crippen molar-refractivity contribution in [2.24, 2.45) is 5.41 Å². The van der Waals surface area contributed by atoms with Crippen molar-refractivity contribution >= 4 is 50.2 Å². The molecule has 0 spiro atoms. The standard InChI is InChI=1S/C29H28BrN7O5/c1-15-31-10-18(11-32-15)16-3-5-20-19(7-16)26(22(40)14-39)35-36(20)12-25(41)37-21(8-29(2)9-23(29)37)28(42)34-27-17(13-38)4-6-24(30)33-27/h3-7,10-11,21,23,38-39H,8-9,12-14H2,1-2H3,(H,33,34,42)/t21-,23+,29-/m0/s1. The van der Waals surface area contributed by atoms with Crippen LogP contribution < -0.4 is 5.32 Å². The predicted molar refractivity (Wildman–Crippen MR) is 155 cm³/mol. The maximum atomic E-state index is 13.8. The van der Waals surface area contributed by atoms with Gasteiger partial charge in [-0.15, -0.1) is 0 Å². The summed E-state index contributed by atoms with van der Waals surface area (Å²) < 4.78 is 1.95. The highest BCUT2D eigenvalue weighted by molar-refractivity contribution is 9.10. The number of fused-ring (bicyclic) bond motifs is 2. The molecule has 1 aliphatic heterocycles. The van der Waals surface area contributed by atoms with Crippen molar-refractivity contribution in [2.75, 3.05) is 11.9 Å². The van der Waals surface area contributed by atoms with Gasteiger partial charge in [-0.3, -0.25) is 19.1 Å². The van der Waals surface area contributed by atoms with Crippen LogP contribution in [0.5, 0.6) is 0 Å². The molecule has 3 N–H and O–H groups in total. The van der Waals surface area contributed by atoms with Gasteiger partial charge in [0.25, 0.3) is 0 Å². The van der Waals surface area contributed by atoms with E-state index in [2.05, 4.69) is 48.2 Å². The second-order valence-electron chi connectivity index (χ2n) is 11.0. The molecule has 0 unspecified atom stereocenters. The van der Waals surface area contributed by atoms with Gasteiger partial charge in [0.05, 0.1) is 12.1 Å². The molecule has 2 amide bonds. The highest BCUT2D eigenvalue weighted by atomic mass is 79.9. The topological polar surface area (TPSA) is 163 Å². The normalized spacial score (nSPS) is 20.9. The first kappa shape index (κ1) is 28.1. The number of hydrogen-bond donors (Lipinski definition) is 3. The van der Waals surface area contributed by atoms with E-state index in [-0.39, 0.29) is 47.9 Å². The minimum absolute atomic E-state index is 0.0550. The van der Waals surface area contributed by atoms with Crippen LogP contribution in [0.2, 0.25) is 0 Å². The van der Waals surface area contributed by atoms with Crippen molar-refractivity contribution in [1.82, 2.24) is 29.6 Å². The number of pyridine rings is 1. The Kier molecular flexibility index (Phi) is 7.11. The van der Waals surface area contributed by atoms with Gasteiger partial charge in [0.2, 0.25) is 17.6 Å². The summed E-state index contributed by atoms with van der Waals surface area (Å²) in [4.78, 5) is 54.3. The summed E-state index contributed by atoms with van der Waals surface area (Å²) in [6.45, 7) is 2.61. The molecule has 3 aromatic heterocycles. The summed E-state index contributed by atoms with van der Waals surface area (Å²) in [5.41, 5.74) is 2.39. The molecule has 1 saturated heterocycles. The van der Waals surface area contributed by atoms with Crippen LogP contribution in [-0.2, 0) is 22.7 Å². The lowest BCUT2D eigenvalue weighted by Gasteiger charge is -2.27. The Bertz CT molecular complexity index is 1740. The van der Waals surface area contributed by atoms with Crippen molar-refractivity contribution in [3.8, 4) is 11.1 Å². The Morgan fingerprint density at radius 3 is 2.57 bits per heavy atom. The smallest absolute Gasteiger partial charge is 0.248 e. The molecule has 2 aliphatic rings. The average Bonchev–Trinajstić information content (AvgIpc) is 3.35. The monoisotopic (exact) mass is 633 g/mol. The number of aromatic nitrogens is 5. The second-order valence-corrected chi connectivity index (χ2v) is 11.8. The first-order valence-corrected chi connectivity index (χ1v) is 14.2. The average molecular weight is 634 g/mol. The Balaban J connectivity index is 1.30. The summed E-state index contributed by atoms with van der Waals surface area (Å²) in [7, 11) is 0. The van der Waals surface area contributed by atoms with Crippen molar-refractivity contribution in [3.63, 3.8) is 0 Å². The zero-order chi connectivity index (χ0) is 29.8. The predicted octanol–water partition coefficient (Wildman–Crippen LogP) is 2.64. The number of aliphatic hydroxyl groups is 2. The molecule has 0 radical (unpaired) electrons. The summed E-state index contributed by atoms with van der Waals surface area (Å²) >= 11 is 3.29. The number of likely N-dealkylation sites (tertiary alicyclic amines) is 1. The molecule has 1 aliphatic carbocycles. The van der Waals surface area contributed by atoms with E-state index < -0.39 is 18.4 Å². The number of aryl methyl sites for hydroxylation is 1. The van der Waals surface area contributed by atoms with Crippen LogP contribution in [0.1, 0.15) is 41.6 Å². The van der Waals surface area contributed by atoms with Crippen LogP contribution in [0.15, 0.2) is 47.3 Å². The van der Waals surface area contributed by atoms with Gasteiger partial charge in [0.1, 0.15) is 41.1 Å². The lowest BCUT2D eigenvalue weighted by molar-refractivity contribution is -0.138. The number of piperidine rings is 1. The molecular formula is C29H28BrN7O5. The molecule has 4 aromatic rings. The van der Waals surface area contributed by atoms with Crippen molar-refractivity contribution in [3.05, 3.63) is 64.4 Å². The van der Waals surface area contributed by atoms with Crippen molar-refractivity contribution in [1.29, 1.82) is 0 Å². The number of aliphatic hydroxyl groups excluding tert-OH is 2. The number of carbonyl (C=O) groups excluding carboxylic acids is 3. The van der Waals surface area contributed by atoms with Gasteiger partial charge in [-0.2, -0.15) is 5.10 Å². The van der Waals surface area contributed by atoms with E-state index in [1.54, 1.807) is 48.5 Å². The number of nitrogens with one attached hydrogen (secondary N) is 1. The molecule has 2 fully saturated rings. The largest absolute Gasteiger partial charge is 0.392 e. The van der Waals surface area contributed by atoms with E-state index >= 15 is 0 Å². The number of nitrogens with zero attached hydrogens (tertiary/aromatic N) is 6. The molecule has 216 valence electrons. The zero-order valence-electron chi connectivity index (χ0n) is 22.9. The Morgan fingerprint density at radius 2 is 1.86 bits per heavy atom. The molecule has 4 heterocycles. The lowest BCUT2D eigenvalue weighted by Crippen LogP contribution is -2.47. The molecular weight excluding hydrogens is 606 g/mol. The summed E-state index contributed by atoms with van der Waals surface area (Å²) in [5, 5.41) is 27.0.